The SMILES string of the molecule is [2H]c1c([2H])c(-c2c3ccccc3c(-c3ccc4oc5c(-c6ccccc6)cccc5c4c3)c3ccccc23)c([2H])c([2H])c1-c1ccccc1. The maximum atomic E-state index is 9.26. The summed E-state index contributed by atoms with van der Waals surface area (Å²) in [7, 11) is 0. The molecule has 0 atom stereocenters. The lowest BCUT2D eigenvalue weighted by Crippen LogP contribution is -1.91. The Kier molecular flexibility index (Phi) is 5.00. The van der Waals surface area contributed by atoms with Crippen LogP contribution in [0, 0.1) is 0 Å². The lowest BCUT2D eigenvalue weighted by atomic mass is 9.85. The van der Waals surface area contributed by atoms with Crippen LogP contribution in [0.3, 0.4) is 0 Å². The summed E-state index contributed by atoms with van der Waals surface area (Å²) >= 11 is 0. The van der Waals surface area contributed by atoms with Crippen LogP contribution in [0.5, 0.6) is 0 Å². The normalized spacial score (nSPS) is 12.8. The summed E-state index contributed by atoms with van der Waals surface area (Å²) in [5, 5.41) is 5.75. The summed E-state index contributed by atoms with van der Waals surface area (Å²) in [5.41, 5.74) is 7.87. The van der Waals surface area contributed by atoms with E-state index in [1.807, 2.05) is 91.0 Å². The van der Waals surface area contributed by atoms with Gasteiger partial charge in [-0.05, 0) is 72.6 Å². The molecule has 0 aliphatic heterocycles. The average molecular weight is 577 g/mol. The highest BCUT2D eigenvalue weighted by atomic mass is 16.3. The Morgan fingerprint density at radius 2 is 0.867 bits per heavy atom. The molecule has 9 aromatic rings. The number of furan rings is 1. The number of rotatable bonds is 4. The first-order chi connectivity index (χ1) is 24.0. The Balaban J connectivity index is 1.32. The first kappa shape index (κ1) is 21.7. The van der Waals surface area contributed by atoms with Gasteiger partial charge in [0, 0.05) is 16.3 Å². The summed E-state index contributed by atoms with van der Waals surface area (Å²) in [6.07, 6.45) is 0. The minimum atomic E-state index is -0.0524. The molecule has 1 heterocycles. The minimum absolute atomic E-state index is 0.0494. The molecule has 0 amide bonds. The smallest absolute Gasteiger partial charge is 0.143 e. The standard InChI is InChI=1S/C44H28O/c1-3-12-29(13-4-1)30-22-24-32(25-23-30)42-35-16-7-9-18-37(35)43(38-19-10-8-17-36(38)42)33-26-27-41-40(28-33)39-21-11-20-34(44(39)45-41)31-14-5-2-6-15-31/h1-28H/i22D,23D,24D,25D. The Labute approximate surface area is 267 Å². The molecule has 1 aromatic heterocycles. The second-order valence-electron chi connectivity index (χ2n) is 11.3. The molecule has 0 saturated heterocycles. The van der Waals surface area contributed by atoms with E-state index in [1.54, 1.807) is 0 Å². The molecule has 0 bridgehead atoms. The molecule has 0 radical (unpaired) electrons. The van der Waals surface area contributed by atoms with Gasteiger partial charge < -0.3 is 4.42 Å². The van der Waals surface area contributed by atoms with Crippen molar-refractivity contribution in [1.82, 2.24) is 0 Å². The summed E-state index contributed by atoms with van der Waals surface area (Å²) in [6.45, 7) is 0. The largest absolute Gasteiger partial charge is 0.455 e. The first-order valence-electron chi connectivity index (χ1n) is 17.1. The Bertz CT molecular complexity index is 2660. The molecular weight excluding hydrogens is 544 g/mol. The molecule has 0 N–H and O–H groups in total. The fraction of sp³-hybridized carbons (Fsp3) is 0. The highest BCUT2D eigenvalue weighted by Gasteiger charge is 2.18. The lowest BCUT2D eigenvalue weighted by Gasteiger charge is -2.18. The van der Waals surface area contributed by atoms with E-state index in [0.29, 0.717) is 22.3 Å². The summed E-state index contributed by atoms with van der Waals surface area (Å²) in [5.74, 6) is 0. The van der Waals surface area contributed by atoms with Gasteiger partial charge in [0.1, 0.15) is 11.2 Å². The molecule has 0 aliphatic carbocycles. The predicted molar refractivity (Wildman–Crippen MR) is 190 cm³/mol. The fourth-order valence-corrected chi connectivity index (χ4v) is 6.69. The molecule has 1 heteroatoms. The molecule has 210 valence electrons. The summed E-state index contributed by atoms with van der Waals surface area (Å²) in [6, 6.07) is 48.1. The van der Waals surface area contributed by atoms with Gasteiger partial charge in [-0.2, -0.15) is 0 Å². The van der Waals surface area contributed by atoms with Gasteiger partial charge >= 0.3 is 0 Å². The van der Waals surface area contributed by atoms with Crippen LogP contribution < -0.4 is 0 Å². The molecule has 0 spiro atoms. The quantitative estimate of drug-likeness (QED) is 0.190. The third-order valence-electron chi connectivity index (χ3n) is 8.74. The van der Waals surface area contributed by atoms with Crippen molar-refractivity contribution in [2.45, 2.75) is 0 Å². The maximum Gasteiger partial charge on any atom is 0.143 e. The molecule has 8 aromatic carbocycles. The number of fused-ring (bicyclic) bond motifs is 5. The monoisotopic (exact) mass is 576 g/mol. The van der Waals surface area contributed by atoms with Gasteiger partial charge in [-0.15, -0.1) is 0 Å². The van der Waals surface area contributed by atoms with Crippen molar-refractivity contribution in [2.75, 3.05) is 0 Å². The number of hydrogen-bond donors (Lipinski definition) is 0. The maximum absolute atomic E-state index is 9.26. The van der Waals surface area contributed by atoms with E-state index < -0.39 is 0 Å². The van der Waals surface area contributed by atoms with Crippen LogP contribution in [-0.2, 0) is 0 Å². The zero-order valence-corrected chi connectivity index (χ0v) is 24.3. The Morgan fingerprint density at radius 1 is 0.356 bits per heavy atom. The van der Waals surface area contributed by atoms with Crippen molar-refractivity contribution < 1.29 is 9.90 Å². The molecule has 0 fully saturated rings. The van der Waals surface area contributed by atoms with Gasteiger partial charge in [0.25, 0.3) is 0 Å². The van der Waals surface area contributed by atoms with Crippen LogP contribution in [0.4, 0.5) is 0 Å². The van der Waals surface area contributed by atoms with Crippen molar-refractivity contribution in [3.05, 3.63) is 170 Å². The van der Waals surface area contributed by atoms with Crippen molar-refractivity contribution >= 4 is 43.5 Å². The van der Waals surface area contributed by atoms with Gasteiger partial charge in [-0.25, -0.2) is 0 Å². The van der Waals surface area contributed by atoms with Gasteiger partial charge in [0.05, 0.1) is 5.48 Å². The highest BCUT2D eigenvalue weighted by Crippen LogP contribution is 2.45. The van der Waals surface area contributed by atoms with Gasteiger partial charge in [-0.1, -0.05) is 158 Å². The van der Waals surface area contributed by atoms with Crippen molar-refractivity contribution in [3.8, 4) is 44.5 Å². The van der Waals surface area contributed by atoms with Crippen LogP contribution >= 0.6 is 0 Å². The van der Waals surface area contributed by atoms with Crippen LogP contribution in [0.1, 0.15) is 5.48 Å². The van der Waals surface area contributed by atoms with Gasteiger partial charge in [-0.3, -0.25) is 0 Å². The number of benzene rings is 8. The first-order valence-corrected chi connectivity index (χ1v) is 15.1. The van der Waals surface area contributed by atoms with Crippen LogP contribution in [0.2, 0.25) is 0 Å². The number of para-hydroxylation sites is 1. The summed E-state index contributed by atoms with van der Waals surface area (Å²) < 4.78 is 43.1. The topological polar surface area (TPSA) is 13.1 Å². The third-order valence-corrected chi connectivity index (χ3v) is 8.74. The van der Waals surface area contributed by atoms with Crippen LogP contribution in [0.25, 0.3) is 88.0 Å². The van der Waals surface area contributed by atoms with E-state index in [1.165, 1.54) is 0 Å². The predicted octanol–water partition coefficient (Wildman–Crippen LogP) is 12.6. The zero-order valence-electron chi connectivity index (χ0n) is 28.3. The van der Waals surface area contributed by atoms with Gasteiger partial charge in [0.15, 0.2) is 0 Å². The van der Waals surface area contributed by atoms with Gasteiger partial charge in [0.2, 0.25) is 0 Å². The van der Waals surface area contributed by atoms with Crippen molar-refractivity contribution in [2.24, 2.45) is 0 Å². The van der Waals surface area contributed by atoms with E-state index in [-0.39, 0.29) is 24.2 Å². The molecule has 0 unspecified atom stereocenters. The fourth-order valence-electron chi connectivity index (χ4n) is 6.69. The van der Waals surface area contributed by atoms with Crippen LogP contribution in [0.15, 0.2) is 174 Å². The van der Waals surface area contributed by atoms with Crippen molar-refractivity contribution in [1.29, 1.82) is 0 Å². The van der Waals surface area contributed by atoms with E-state index >= 15 is 0 Å². The molecule has 45 heavy (non-hydrogen) atoms. The molecule has 9 rings (SSSR count). The highest BCUT2D eigenvalue weighted by molar-refractivity contribution is 6.22. The molecule has 0 aliphatic rings. The Morgan fingerprint density at radius 3 is 1.49 bits per heavy atom. The third kappa shape index (κ3) is 4.17. The summed E-state index contributed by atoms with van der Waals surface area (Å²) in [4.78, 5) is 0. The van der Waals surface area contributed by atoms with Crippen molar-refractivity contribution in [3.63, 3.8) is 0 Å². The van der Waals surface area contributed by atoms with E-state index in [2.05, 4.69) is 54.6 Å². The molecule has 0 saturated carbocycles. The van der Waals surface area contributed by atoms with E-state index in [4.69, 9.17) is 7.16 Å². The Hall–Kier alpha value is -5.92. The zero-order chi connectivity index (χ0) is 33.2. The lowest BCUT2D eigenvalue weighted by molar-refractivity contribution is 0.670. The second-order valence-corrected chi connectivity index (χ2v) is 11.3. The molecular formula is C44H28O. The number of hydrogen-bond acceptors (Lipinski definition) is 1. The minimum Gasteiger partial charge on any atom is -0.455 e. The van der Waals surface area contributed by atoms with E-state index in [9.17, 15) is 2.74 Å². The van der Waals surface area contributed by atoms with E-state index in [0.717, 1.165) is 65.7 Å². The average Bonchev–Trinajstić information content (AvgIpc) is 3.53. The molecule has 1 nitrogen and oxygen atoms in total. The van der Waals surface area contributed by atoms with Crippen LogP contribution in [-0.4, -0.2) is 0 Å². The second kappa shape index (κ2) is 10.4.